The third-order valence-electron chi connectivity index (χ3n) is 4.78. The summed E-state index contributed by atoms with van der Waals surface area (Å²) in [6.07, 6.45) is 0.960. The molecule has 0 aliphatic heterocycles. The number of aromatic nitrogens is 1. The van der Waals surface area contributed by atoms with E-state index in [2.05, 4.69) is 22.5 Å². The number of rotatable bonds is 7. The minimum atomic E-state index is -0.321. The van der Waals surface area contributed by atoms with Gasteiger partial charge in [0.15, 0.2) is 4.34 Å². The van der Waals surface area contributed by atoms with Crippen molar-refractivity contribution in [1.29, 1.82) is 0 Å². The van der Waals surface area contributed by atoms with Gasteiger partial charge in [-0.05, 0) is 60.5 Å². The molecule has 0 spiro atoms. The van der Waals surface area contributed by atoms with E-state index in [1.165, 1.54) is 34.7 Å². The molecule has 0 radical (unpaired) electrons. The Morgan fingerprint density at radius 3 is 2.45 bits per heavy atom. The average molecular weight is 516 g/mol. The van der Waals surface area contributed by atoms with E-state index in [0.717, 1.165) is 26.7 Å². The van der Waals surface area contributed by atoms with E-state index in [1.807, 2.05) is 36.4 Å². The molecule has 0 bridgehead atoms. The van der Waals surface area contributed by atoms with Crippen LogP contribution in [0.5, 0.6) is 0 Å². The molecule has 0 saturated carbocycles. The number of hydrogen-bond donors (Lipinski definition) is 2. The lowest BCUT2D eigenvalue weighted by atomic mass is 10.1. The van der Waals surface area contributed by atoms with E-state index >= 15 is 0 Å². The lowest BCUT2D eigenvalue weighted by Gasteiger charge is -2.07. The molecular formula is C24H19Cl2N3O2S2. The summed E-state index contributed by atoms with van der Waals surface area (Å²) in [5.74, 6) is -0.149. The van der Waals surface area contributed by atoms with Gasteiger partial charge in [0.05, 0.1) is 26.6 Å². The number of anilines is 2. The van der Waals surface area contributed by atoms with Crippen LogP contribution in [0.4, 0.5) is 11.4 Å². The summed E-state index contributed by atoms with van der Waals surface area (Å²) in [5.41, 5.74) is 3.79. The Bertz CT molecular complexity index is 1320. The van der Waals surface area contributed by atoms with Gasteiger partial charge in [0.1, 0.15) is 0 Å². The summed E-state index contributed by atoms with van der Waals surface area (Å²) >= 11 is 14.9. The van der Waals surface area contributed by atoms with Gasteiger partial charge in [-0.3, -0.25) is 9.59 Å². The fraction of sp³-hybridized carbons (Fsp3) is 0.125. The third-order valence-corrected chi connectivity index (χ3v) is 7.48. The highest BCUT2D eigenvalue weighted by Gasteiger charge is 2.13. The summed E-state index contributed by atoms with van der Waals surface area (Å²) in [5, 5.41) is 6.51. The Hall–Kier alpha value is -2.58. The molecule has 2 amide bonds. The van der Waals surface area contributed by atoms with E-state index < -0.39 is 0 Å². The molecule has 5 nitrogen and oxygen atoms in total. The number of carbonyl (C=O) groups excluding carboxylic acids is 2. The smallest absolute Gasteiger partial charge is 0.257 e. The molecule has 4 rings (SSSR count). The highest BCUT2D eigenvalue weighted by atomic mass is 35.5. The maximum Gasteiger partial charge on any atom is 0.257 e. The van der Waals surface area contributed by atoms with Crippen molar-refractivity contribution in [2.45, 2.75) is 17.7 Å². The topological polar surface area (TPSA) is 71.1 Å². The lowest BCUT2D eigenvalue weighted by Crippen LogP contribution is -2.13. The van der Waals surface area contributed by atoms with Crippen LogP contribution in [0.3, 0.4) is 0 Å². The van der Waals surface area contributed by atoms with Gasteiger partial charge in [-0.15, -0.1) is 11.3 Å². The predicted octanol–water partition coefficient (Wildman–Crippen LogP) is 7.15. The van der Waals surface area contributed by atoms with Crippen LogP contribution in [0.1, 0.15) is 22.8 Å². The monoisotopic (exact) mass is 515 g/mol. The second-order valence-corrected chi connectivity index (χ2v) is 10.2. The molecular weight excluding hydrogens is 497 g/mol. The Kier molecular flexibility index (Phi) is 7.55. The van der Waals surface area contributed by atoms with Crippen LogP contribution in [0.2, 0.25) is 10.0 Å². The minimum absolute atomic E-state index is 0.0868. The van der Waals surface area contributed by atoms with Gasteiger partial charge < -0.3 is 10.6 Å². The summed E-state index contributed by atoms with van der Waals surface area (Å²) in [6.45, 7) is 2.09. The number of halogens is 2. The first kappa shape index (κ1) is 23.6. The SMILES string of the molecule is CCc1ccc(NC(=O)CSc2nc3ccc(NC(=O)c4ccc(Cl)cc4Cl)cc3s2)cc1. The summed E-state index contributed by atoms with van der Waals surface area (Å²) < 4.78 is 1.69. The van der Waals surface area contributed by atoms with Crippen LogP contribution in [0.25, 0.3) is 10.2 Å². The lowest BCUT2D eigenvalue weighted by molar-refractivity contribution is -0.113. The zero-order valence-electron chi connectivity index (χ0n) is 17.5. The number of amides is 2. The van der Waals surface area contributed by atoms with Gasteiger partial charge in [-0.2, -0.15) is 0 Å². The number of benzene rings is 3. The molecule has 3 aromatic carbocycles. The average Bonchev–Trinajstić information content (AvgIpc) is 3.20. The highest BCUT2D eigenvalue weighted by Crippen LogP contribution is 2.32. The molecule has 4 aromatic rings. The maximum absolute atomic E-state index is 12.6. The van der Waals surface area contributed by atoms with Gasteiger partial charge in [-0.1, -0.05) is 54.0 Å². The number of nitrogens with one attached hydrogen (secondary N) is 2. The van der Waals surface area contributed by atoms with Crippen molar-refractivity contribution in [3.8, 4) is 0 Å². The molecule has 9 heteroatoms. The molecule has 33 heavy (non-hydrogen) atoms. The molecule has 1 heterocycles. The molecule has 0 atom stereocenters. The maximum atomic E-state index is 12.6. The normalized spacial score (nSPS) is 10.9. The summed E-state index contributed by atoms with van der Waals surface area (Å²) in [7, 11) is 0. The predicted molar refractivity (Wildman–Crippen MR) is 139 cm³/mol. The van der Waals surface area contributed by atoms with Gasteiger partial charge >= 0.3 is 0 Å². The zero-order valence-corrected chi connectivity index (χ0v) is 20.7. The number of thiazole rings is 1. The second kappa shape index (κ2) is 10.6. The van der Waals surface area contributed by atoms with Crippen molar-refractivity contribution in [3.05, 3.63) is 81.8 Å². The molecule has 0 aliphatic rings. The van der Waals surface area contributed by atoms with Crippen molar-refractivity contribution in [2.24, 2.45) is 0 Å². The standard InChI is InChI=1S/C24H19Cl2N3O2S2/c1-2-14-3-6-16(7-4-14)27-22(30)13-32-24-29-20-10-8-17(12-21(20)33-24)28-23(31)18-9-5-15(25)11-19(18)26/h3-12H,2,13H2,1H3,(H,27,30)(H,28,31). The minimum Gasteiger partial charge on any atom is -0.325 e. The summed E-state index contributed by atoms with van der Waals surface area (Å²) in [6, 6.07) is 18.0. The van der Waals surface area contributed by atoms with E-state index in [9.17, 15) is 9.59 Å². The molecule has 0 fully saturated rings. The quantitative estimate of drug-likeness (QED) is 0.256. The van der Waals surface area contributed by atoms with E-state index in [0.29, 0.717) is 16.3 Å². The van der Waals surface area contributed by atoms with Gasteiger partial charge in [-0.25, -0.2) is 4.98 Å². The second-order valence-electron chi connectivity index (χ2n) is 7.13. The fourth-order valence-corrected chi connectivity index (χ4v) is 5.47. The molecule has 2 N–H and O–H groups in total. The first-order valence-electron chi connectivity index (χ1n) is 10.1. The first-order valence-corrected chi connectivity index (χ1v) is 12.7. The van der Waals surface area contributed by atoms with Gasteiger partial charge in [0.25, 0.3) is 5.91 Å². The fourth-order valence-electron chi connectivity index (χ4n) is 3.06. The molecule has 168 valence electrons. The Balaban J connectivity index is 1.38. The van der Waals surface area contributed by atoms with E-state index in [4.69, 9.17) is 23.2 Å². The van der Waals surface area contributed by atoms with Crippen molar-refractivity contribution < 1.29 is 9.59 Å². The highest BCUT2D eigenvalue weighted by molar-refractivity contribution is 8.01. The van der Waals surface area contributed by atoms with Crippen LogP contribution < -0.4 is 10.6 Å². The van der Waals surface area contributed by atoms with Crippen molar-refractivity contribution in [3.63, 3.8) is 0 Å². The Morgan fingerprint density at radius 2 is 1.73 bits per heavy atom. The molecule has 1 aromatic heterocycles. The number of fused-ring (bicyclic) bond motifs is 1. The zero-order chi connectivity index (χ0) is 23.4. The number of carbonyl (C=O) groups is 2. The van der Waals surface area contributed by atoms with Crippen molar-refractivity contribution >= 4 is 79.7 Å². The van der Waals surface area contributed by atoms with E-state index in [1.54, 1.807) is 18.2 Å². The number of aryl methyl sites for hydroxylation is 1. The van der Waals surface area contributed by atoms with Crippen LogP contribution in [-0.4, -0.2) is 22.6 Å². The van der Waals surface area contributed by atoms with Crippen LogP contribution in [0, 0.1) is 0 Å². The van der Waals surface area contributed by atoms with Crippen molar-refractivity contribution in [2.75, 3.05) is 16.4 Å². The Labute approximate surface area is 209 Å². The first-order chi connectivity index (χ1) is 15.9. The molecule has 0 saturated heterocycles. The molecule has 0 unspecified atom stereocenters. The third kappa shape index (κ3) is 6.06. The van der Waals surface area contributed by atoms with E-state index in [-0.39, 0.29) is 22.6 Å². The van der Waals surface area contributed by atoms with Crippen LogP contribution >= 0.6 is 46.3 Å². The number of hydrogen-bond acceptors (Lipinski definition) is 5. The van der Waals surface area contributed by atoms with Gasteiger partial charge in [0, 0.05) is 16.4 Å². The van der Waals surface area contributed by atoms with Crippen LogP contribution in [0.15, 0.2) is 65.0 Å². The number of thioether (sulfide) groups is 1. The van der Waals surface area contributed by atoms with Crippen molar-refractivity contribution in [1.82, 2.24) is 4.98 Å². The molecule has 0 aliphatic carbocycles. The Morgan fingerprint density at radius 1 is 0.970 bits per heavy atom. The largest absolute Gasteiger partial charge is 0.325 e. The summed E-state index contributed by atoms with van der Waals surface area (Å²) in [4.78, 5) is 29.4. The number of nitrogens with zero attached hydrogens (tertiary/aromatic N) is 1. The van der Waals surface area contributed by atoms with Gasteiger partial charge in [0.2, 0.25) is 5.91 Å². The van der Waals surface area contributed by atoms with Crippen LogP contribution in [-0.2, 0) is 11.2 Å².